The van der Waals surface area contributed by atoms with Gasteiger partial charge < -0.3 is 15.0 Å². The third-order valence-corrected chi connectivity index (χ3v) is 6.49. The fraction of sp³-hybridized carbons (Fsp3) is 0.348. The summed E-state index contributed by atoms with van der Waals surface area (Å²) in [5.41, 5.74) is 2.18. The van der Waals surface area contributed by atoms with Crippen LogP contribution in [0.2, 0.25) is 5.02 Å². The molecule has 0 atom stereocenters. The van der Waals surface area contributed by atoms with Gasteiger partial charge in [0.15, 0.2) is 5.66 Å². The maximum absolute atomic E-state index is 12.7. The lowest BCUT2D eigenvalue weighted by Crippen LogP contribution is -2.46. The van der Waals surface area contributed by atoms with E-state index in [1.165, 1.54) is 0 Å². The highest BCUT2D eigenvalue weighted by atomic mass is 35.5. The van der Waals surface area contributed by atoms with Crippen LogP contribution in [-0.2, 0) is 0 Å². The van der Waals surface area contributed by atoms with Crippen molar-refractivity contribution in [3.8, 4) is 5.75 Å². The van der Waals surface area contributed by atoms with Crippen LogP contribution in [0.15, 0.2) is 58.5 Å². The maximum Gasteiger partial charge on any atom is 0.321 e. The van der Waals surface area contributed by atoms with Gasteiger partial charge in [0.25, 0.3) is 0 Å². The topological polar surface area (TPSA) is 66.3 Å². The van der Waals surface area contributed by atoms with Crippen LogP contribution in [0.25, 0.3) is 0 Å². The number of nitrogens with zero attached hydrogens (tertiary/aromatic N) is 3. The van der Waals surface area contributed by atoms with Gasteiger partial charge in [0.05, 0.1) is 12.8 Å². The average Bonchev–Trinajstić information content (AvgIpc) is 3.12. The number of benzene rings is 2. The second-order valence-corrected chi connectivity index (χ2v) is 9.14. The second kappa shape index (κ2) is 9.32. The Morgan fingerprint density at radius 1 is 1.19 bits per heavy atom. The molecular formula is C23H25ClN4O2S. The number of halogens is 1. The third-order valence-electron chi connectivity index (χ3n) is 5.40. The van der Waals surface area contributed by atoms with Crippen LogP contribution < -0.4 is 10.1 Å². The van der Waals surface area contributed by atoms with Crippen molar-refractivity contribution in [3.63, 3.8) is 0 Å². The molecule has 0 aliphatic carbocycles. The van der Waals surface area contributed by atoms with E-state index in [9.17, 15) is 4.79 Å². The molecular weight excluding hydrogens is 432 g/mol. The minimum absolute atomic E-state index is 0.124. The molecule has 2 aromatic carbocycles. The van der Waals surface area contributed by atoms with Crippen molar-refractivity contribution < 1.29 is 9.53 Å². The summed E-state index contributed by atoms with van der Waals surface area (Å²) in [5, 5.41) is 4.49. The first-order chi connectivity index (χ1) is 15.0. The predicted octanol–water partition coefficient (Wildman–Crippen LogP) is 5.33. The number of urea groups is 1. The van der Waals surface area contributed by atoms with Crippen molar-refractivity contribution in [2.75, 3.05) is 31.3 Å². The zero-order valence-corrected chi connectivity index (χ0v) is 19.2. The van der Waals surface area contributed by atoms with Gasteiger partial charge in [-0.3, -0.25) is 4.99 Å². The fourth-order valence-electron chi connectivity index (χ4n) is 3.76. The number of thioether (sulfide) groups is 1. The molecule has 2 aliphatic heterocycles. The van der Waals surface area contributed by atoms with E-state index in [2.05, 4.69) is 12.2 Å². The highest BCUT2D eigenvalue weighted by Gasteiger charge is 2.40. The summed E-state index contributed by atoms with van der Waals surface area (Å²) in [6.45, 7) is 3.31. The Morgan fingerprint density at radius 3 is 2.58 bits per heavy atom. The normalized spacial score (nSPS) is 17.3. The molecule has 2 aliphatic rings. The maximum atomic E-state index is 12.7. The zero-order valence-electron chi connectivity index (χ0n) is 17.6. The predicted molar refractivity (Wildman–Crippen MR) is 129 cm³/mol. The Morgan fingerprint density at radius 2 is 1.94 bits per heavy atom. The largest absolute Gasteiger partial charge is 0.497 e. The number of ether oxygens (including phenoxy) is 1. The third kappa shape index (κ3) is 4.88. The second-order valence-electron chi connectivity index (χ2n) is 7.45. The molecule has 2 heterocycles. The number of methoxy groups -OCH3 is 1. The van der Waals surface area contributed by atoms with E-state index in [1.807, 2.05) is 41.3 Å². The Kier molecular flexibility index (Phi) is 6.53. The van der Waals surface area contributed by atoms with E-state index in [4.69, 9.17) is 26.3 Å². The zero-order chi connectivity index (χ0) is 21.8. The smallest absolute Gasteiger partial charge is 0.321 e. The van der Waals surface area contributed by atoms with Crippen LogP contribution in [0.4, 0.5) is 10.5 Å². The number of amides is 2. The lowest BCUT2D eigenvalue weighted by Gasteiger charge is -2.35. The molecule has 1 saturated heterocycles. The molecule has 2 aromatic rings. The molecule has 1 fully saturated rings. The van der Waals surface area contributed by atoms with Gasteiger partial charge in [-0.15, -0.1) is 11.8 Å². The summed E-state index contributed by atoms with van der Waals surface area (Å²) in [6.07, 6.45) is 1.40. The first-order valence-corrected chi connectivity index (χ1v) is 11.7. The number of nitrogens with one attached hydrogen (secondary N) is 1. The van der Waals surface area contributed by atoms with E-state index >= 15 is 0 Å². The molecule has 31 heavy (non-hydrogen) atoms. The van der Waals surface area contributed by atoms with Gasteiger partial charge in [0.2, 0.25) is 0 Å². The lowest BCUT2D eigenvalue weighted by molar-refractivity contribution is 0.175. The SMILES string of the molecule is CCSC1=NC2(CCN(C(=O)Nc3cccc(Cl)c3)CC2)N=C1c1ccc(OC)cc1. The molecule has 8 heteroatoms. The quantitative estimate of drug-likeness (QED) is 0.676. The molecule has 4 rings (SSSR count). The molecule has 0 saturated carbocycles. The van der Waals surface area contributed by atoms with Crippen molar-refractivity contribution in [1.82, 2.24) is 4.90 Å². The highest BCUT2D eigenvalue weighted by molar-refractivity contribution is 8.15. The van der Waals surface area contributed by atoms with Crippen molar-refractivity contribution >= 4 is 45.8 Å². The minimum atomic E-state index is -0.487. The molecule has 0 unspecified atom stereocenters. The van der Waals surface area contributed by atoms with E-state index in [0.29, 0.717) is 36.6 Å². The Labute approximate surface area is 191 Å². The summed E-state index contributed by atoms with van der Waals surface area (Å²) in [4.78, 5) is 24.6. The number of hydrogen-bond acceptors (Lipinski definition) is 5. The average molecular weight is 457 g/mol. The first kappa shape index (κ1) is 21.7. The van der Waals surface area contributed by atoms with Crippen LogP contribution in [0.5, 0.6) is 5.75 Å². The Hall–Kier alpha value is -2.51. The van der Waals surface area contributed by atoms with Gasteiger partial charge >= 0.3 is 6.03 Å². The van der Waals surface area contributed by atoms with Crippen molar-refractivity contribution in [2.45, 2.75) is 25.4 Å². The van der Waals surface area contributed by atoms with Crippen molar-refractivity contribution in [3.05, 3.63) is 59.1 Å². The van der Waals surface area contributed by atoms with Crippen LogP contribution in [-0.4, -0.2) is 53.3 Å². The molecule has 6 nitrogen and oxygen atoms in total. The summed E-state index contributed by atoms with van der Waals surface area (Å²) in [6, 6.07) is 15.0. The Balaban J connectivity index is 1.47. The van der Waals surface area contributed by atoms with Crippen LogP contribution in [0, 0.1) is 0 Å². The highest BCUT2D eigenvalue weighted by Crippen LogP contribution is 2.36. The van der Waals surface area contributed by atoms with Crippen LogP contribution in [0.3, 0.4) is 0 Å². The van der Waals surface area contributed by atoms with Crippen LogP contribution in [0.1, 0.15) is 25.3 Å². The number of carbonyl (C=O) groups is 1. The molecule has 1 spiro atoms. The van der Waals surface area contributed by atoms with Gasteiger partial charge in [0.1, 0.15) is 10.8 Å². The molecule has 0 bridgehead atoms. The van der Waals surface area contributed by atoms with E-state index in [0.717, 1.165) is 27.8 Å². The number of carbonyl (C=O) groups excluding carboxylic acids is 1. The van der Waals surface area contributed by atoms with Crippen molar-refractivity contribution in [1.29, 1.82) is 0 Å². The first-order valence-electron chi connectivity index (χ1n) is 10.3. The van der Waals surface area contributed by atoms with Gasteiger partial charge in [0, 0.05) is 42.2 Å². The standard InChI is InChI=1S/C23H25ClN4O2S/c1-3-31-21-20(16-7-9-19(30-2)10-8-16)26-23(27-21)11-13-28(14-12-23)22(29)25-18-6-4-5-17(24)15-18/h4-10,15H,3,11-14H2,1-2H3,(H,25,29). The Bertz CT molecular complexity index is 1010. The number of anilines is 1. The van der Waals surface area contributed by atoms with E-state index in [1.54, 1.807) is 31.0 Å². The number of hydrogen-bond donors (Lipinski definition) is 1. The van der Waals surface area contributed by atoms with Gasteiger partial charge in [-0.25, -0.2) is 9.79 Å². The number of rotatable bonds is 4. The number of likely N-dealkylation sites (tertiary alicyclic amines) is 1. The summed E-state index contributed by atoms with van der Waals surface area (Å²) < 4.78 is 5.27. The molecule has 1 N–H and O–H groups in total. The van der Waals surface area contributed by atoms with Crippen molar-refractivity contribution in [2.24, 2.45) is 9.98 Å². The monoisotopic (exact) mass is 456 g/mol. The minimum Gasteiger partial charge on any atom is -0.497 e. The van der Waals surface area contributed by atoms with E-state index in [-0.39, 0.29) is 6.03 Å². The fourth-order valence-corrected chi connectivity index (χ4v) is 4.76. The molecule has 0 radical (unpaired) electrons. The number of piperidine rings is 1. The van der Waals surface area contributed by atoms with Gasteiger partial charge in [-0.05, 0) is 48.2 Å². The molecule has 0 aromatic heterocycles. The molecule has 162 valence electrons. The van der Waals surface area contributed by atoms with Gasteiger partial charge in [-0.2, -0.15) is 0 Å². The summed E-state index contributed by atoms with van der Waals surface area (Å²) >= 11 is 7.73. The summed E-state index contributed by atoms with van der Waals surface area (Å²) in [5.74, 6) is 1.75. The van der Waals surface area contributed by atoms with Gasteiger partial charge in [-0.1, -0.05) is 24.6 Å². The van der Waals surface area contributed by atoms with Crippen LogP contribution >= 0.6 is 23.4 Å². The summed E-state index contributed by atoms with van der Waals surface area (Å²) in [7, 11) is 1.66. The lowest BCUT2D eigenvalue weighted by atomic mass is 9.98. The molecule has 2 amide bonds. The van der Waals surface area contributed by atoms with E-state index < -0.39 is 5.66 Å². The number of aliphatic imine (C=N–C) groups is 2.